The van der Waals surface area contributed by atoms with Crippen molar-refractivity contribution >= 4 is 17.8 Å². The molecule has 0 spiro atoms. The van der Waals surface area contributed by atoms with Gasteiger partial charge in [-0.25, -0.2) is 4.79 Å². The van der Waals surface area contributed by atoms with Crippen LogP contribution in [-0.4, -0.2) is 46.9 Å². The predicted octanol–water partition coefficient (Wildman–Crippen LogP) is 1.28. The first-order valence-corrected chi connectivity index (χ1v) is 7.55. The minimum Gasteiger partial charge on any atom is -0.480 e. The number of aliphatic carboxylic acids is 1. The lowest BCUT2D eigenvalue weighted by molar-refractivity contribution is -0.149. The molecule has 0 radical (unpaired) electrons. The van der Waals surface area contributed by atoms with E-state index in [9.17, 15) is 19.5 Å². The molecule has 0 heterocycles. The molecule has 0 fully saturated rings. The van der Waals surface area contributed by atoms with Crippen molar-refractivity contribution in [1.82, 2.24) is 10.2 Å². The van der Waals surface area contributed by atoms with Crippen LogP contribution in [0.2, 0.25) is 0 Å². The average molecular weight is 320 g/mol. The third-order valence-electron chi connectivity index (χ3n) is 3.84. The van der Waals surface area contributed by atoms with Gasteiger partial charge in [0.1, 0.15) is 6.04 Å². The van der Waals surface area contributed by atoms with E-state index in [1.165, 1.54) is 18.7 Å². The Morgan fingerprint density at radius 3 is 2.26 bits per heavy atom. The van der Waals surface area contributed by atoms with Gasteiger partial charge in [0.05, 0.1) is 6.42 Å². The van der Waals surface area contributed by atoms with Crippen molar-refractivity contribution in [3.63, 3.8) is 0 Å². The van der Waals surface area contributed by atoms with E-state index in [1.807, 2.05) is 32.0 Å². The van der Waals surface area contributed by atoms with Crippen molar-refractivity contribution in [3.05, 3.63) is 34.9 Å². The Labute approximate surface area is 136 Å². The van der Waals surface area contributed by atoms with Crippen LogP contribution in [-0.2, 0) is 20.8 Å². The molecule has 1 aromatic carbocycles. The molecular weight excluding hydrogens is 296 g/mol. The monoisotopic (exact) mass is 320 g/mol. The highest BCUT2D eigenvalue weighted by atomic mass is 16.4. The molecule has 0 aromatic heterocycles. The zero-order chi connectivity index (χ0) is 17.6. The number of aryl methyl sites for hydroxylation is 2. The largest absolute Gasteiger partial charge is 0.480 e. The minimum absolute atomic E-state index is 0.149. The van der Waals surface area contributed by atoms with Gasteiger partial charge in [-0.1, -0.05) is 18.2 Å². The van der Waals surface area contributed by atoms with Gasteiger partial charge in [0.15, 0.2) is 0 Å². The maximum absolute atomic E-state index is 12.6. The van der Waals surface area contributed by atoms with Crippen LogP contribution >= 0.6 is 0 Å². The molecule has 0 bridgehead atoms. The zero-order valence-electron chi connectivity index (χ0n) is 14.0. The summed E-state index contributed by atoms with van der Waals surface area (Å²) in [5, 5.41) is 11.8. The Morgan fingerprint density at radius 2 is 1.78 bits per heavy atom. The molecule has 2 amide bonds. The van der Waals surface area contributed by atoms with Gasteiger partial charge in [0.2, 0.25) is 11.8 Å². The molecule has 1 atom stereocenters. The van der Waals surface area contributed by atoms with Crippen molar-refractivity contribution in [3.8, 4) is 0 Å². The Hall–Kier alpha value is -2.37. The second-order valence-corrected chi connectivity index (χ2v) is 5.63. The van der Waals surface area contributed by atoms with E-state index in [2.05, 4.69) is 5.32 Å². The van der Waals surface area contributed by atoms with E-state index < -0.39 is 12.0 Å². The summed E-state index contributed by atoms with van der Waals surface area (Å²) < 4.78 is 0. The summed E-state index contributed by atoms with van der Waals surface area (Å²) in [6, 6.07) is 4.84. The molecule has 1 aromatic rings. The van der Waals surface area contributed by atoms with Gasteiger partial charge in [0.25, 0.3) is 0 Å². The summed E-state index contributed by atoms with van der Waals surface area (Å²) in [6.07, 6.45) is 0.149. The lowest BCUT2D eigenvalue weighted by atomic mass is 9.99. The summed E-state index contributed by atoms with van der Waals surface area (Å²) in [5.41, 5.74) is 2.92. The normalized spacial score (nSPS) is 11.7. The van der Waals surface area contributed by atoms with Crippen LogP contribution < -0.4 is 5.32 Å². The standard InChI is InChI=1S/C17H24N2O4/c1-11-6-5-7-12(2)15(11)10-16(21)19(13(3)17(22)23)9-8-18-14(4)20/h5-7,13H,8-10H2,1-4H3,(H,18,20)(H,22,23). The molecule has 0 saturated carbocycles. The van der Waals surface area contributed by atoms with Crippen LogP contribution in [0.25, 0.3) is 0 Å². The van der Waals surface area contributed by atoms with Crippen molar-refractivity contribution in [1.29, 1.82) is 0 Å². The molecule has 0 aliphatic heterocycles. The number of hydrogen-bond acceptors (Lipinski definition) is 3. The fourth-order valence-electron chi connectivity index (χ4n) is 2.40. The second-order valence-electron chi connectivity index (χ2n) is 5.63. The maximum Gasteiger partial charge on any atom is 0.326 e. The second kappa shape index (κ2) is 8.31. The molecule has 126 valence electrons. The van der Waals surface area contributed by atoms with E-state index in [0.717, 1.165) is 16.7 Å². The number of rotatable bonds is 7. The maximum atomic E-state index is 12.6. The molecule has 0 aliphatic rings. The first-order valence-electron chi connectivity index (χ1n) is 7.55. The highest BCUT2D eigenvalue weighted by molar-refractivity contribution is 5.85. The number of amides is 2. The van der Waals surface area contributed by atoms with Crippen LogP contribution in [0.1, 0.15) is 30.5 Å². The SMILES string of the molecule is CC(=O)NCCN(C(=O)Cc1c(C)cccc1C)C(C)C(=O)O. The molecule has 1 rings (SSSR count). The van der Waals surface area contributed by atoms with Gasteiger partial charge in [-0.15, -0.1) is 0 Å². The van der Waals surface area contributed by atoms with Gasteiger partial charge in [-0.2, -0.15) is 0 Å². The highest BCUT2D eigenvalue weighted by Crippen LogP contribution is 2.15. The number of carbonyl (C=O) groups excluding carboxylic acids is 2. The van der Waals surface area contributed by atoms with Crippen molar-refractivity contribution in [2.45, 2.75) is 40.2 Å². The summed E-state index contributed by atoms with van der Waals surface area (Å²) in [6.45, 7) is 7.10. The van der Waals surface area contributed by atoms with Gasteiger partial charge in [0, 0.05) is 20.0 Å². The molecular formula is C17H24N2O4. The molecule has 23 heavy (non-hydrogen) atoms. The van der Waals surface area contributed by atoms with Gasteiger partial charge in [-0.3, -0.25) is 9.59 Å². The van der Waals surface area contributed by atoms with Crippen LogP contribution in [0.4, 0.5) is 0 Å². The van der Waals surface area contributed by atoms with Crippen LogP contribution in [0.15, 0.2) is 18.2 Å². The molecule has 6 nitrogen and oxygen atoms in total. The zero-order valence-corrected chi connectivity index (χ0v) is 14.0. The predicted molar refractivity (Wildman–Crippen MR) is 87.1 cm³/mol. The Kier molecular flexibility index (Phi) is 6.75. The number of nitrogens with one attached hydrogen (secondary N) is 1. The number of nitrogens with zero attached hydrogens (tertiary/aromatic N) is 1. The number of benzene rings is 1. The van der Waals surface area contributed by atoms with Crippen molar-refractivity contribution in [2.24, 2.45) is 0 Å². The summed E-state index contributed by atoms with van der Waals surface area (Å²) in [4.78, 5) is 36.1. The molecule has 6 heteroatoms. The Bertz CT molecular complexity index is 578. The fraction of sp³-hybridized carbons (Fsp3) is 0.471. The first kappa shape index (κ1) is 18.7. The van der Waals surface area contributed by atoms with Crippen LogP contribution in [0.5, 0.6) is 0 Å². The number of carboxylic acids is 1. The van der Waals surface area contributed by atoms with Gasteiger partial charge in [-0.05, 0) is 37.5 Å². The number of hydrogen-bond donors (Lipinski definition) is 2. The van der Waals surface area contributed by atoms with E-state index >= 15 is 0 Å². The van der Waals surface area contributed by atoms with Crippen molar-refractivity contribution < 1.29 is 19.5 Å². The molecule has 0 saturated heterocycles. The molecule has 2 N–H and O–H groups in total. The van der Waals surface area contributed by atoms with Crippen LogP contribution in [0.3, 0.4) is 0 Å². The van der Waals surface area contributed by atoms with Crippen LogP contribution in [0, 0.1) is 13.8 Å². The first-order chi connectivity index (χ1) is 10.7. The Balaban J connectivity index is 2.90. The van der Waals surface area contributed by atoms with Gasteiger partial charge >= 0.3 is 5.97 Å². The quantitative estimate of drug-likeness (QED) is 0.792. The third-order valence-corrected chi connectivity index (χ3v) is 3.84. The summed E-state index contributed by atoms with van der Waals surface area (Å²) in [7, 11) is 0. The molecule has 0 aliphatic carbocycles. The van der Waals surface area contributed by atoms with Gasteiger partial charge < -0.3 is 15.3 Å². The highest BCUT2D eigenvalue weighted by Gasteiger charge is 2.25. The summed E-state index contributed by atoms with van der Waals surface area (Å²) in [5.74, 6) is -1.54. The lowest BCUT2D eigenvalue weighted by Gasteiger charge is -2.27. The average Bonchev–Trinajstić information content (AvgIpc) is 2.46. The minimum atomic E-state index is -1.07. The third kappa shape index (κ3) is 5.39. The molecule has 1 unspecified atom stereocenters. The summed E-state index contributed by atoms with van der Waals surface area (Å²) >= 11 is 0. The van der Waals surface area contributed by atoms with Crippen molar-refractivity contribution in [2.75, 3.05) is 13.1 Å². The Morgan fingerprint density at radius 1 is 1.22 bits per heavy atom. The number of carbonyl (C=O) groups is 3. The number of carboxylic acid groups (broad SMARTS) is 1. The van der Waals surface area contributed by atoms with E-state index in [-0.39, 0.29) is 31.3 Å². The van der Waals surface area contributed by atoms with E-state index in [1.54, 1.807) is 0 Å². The van der Waals surface area contributed by atoms with E-state index in [4.69, 9.17) is 0 Å². The lowest BCUT2D eigenvalue weighted by Crippen LogP contribution is -2.47. The topological polar surface area (TPSA) is 86.7 Å². The smallest absolute Gasteiger partial charge is 0.326 e. The van der Waals surface area contributed by atoms with E-state index in [0.29, 0.717) is 0 Å². The fourth-order valence-corrected chi connectivity index (χ4v) is 2.40.